The van der Waals surface area contributed by atoms with Crippen molar-refractivity contribution < 1.29 is 27.4 Å². The quantitative estimate of drug-likeness (QED) is 0.573. The van der Waals surface area contributed by atoms with Crippen molar-refractivity contribution in [2.75, 3.05) is 18.1 Å². The Balaban J connectivity index is 1.70. The van der Waals surface area contributed by atoms with Crippen LogP contribution in [-0.4, -0.2) is 63.4 Å². The van der Waals surface area contributed by atoms with E-state index in [0.717, 1.165) is 17.5 Å². The van der Waals surface area contributed by atoms with Crippen molar-refractivity contribution in [1.82, 2.24) is 20.1 Å². The maximum absolute atomic E-state index is 14.9. The molecule has 2 aromatic heterocycles. The zero-order valence-electron chi connectivity index (χ0n) is 21.5. The minimum Gasteiger partial charge on any atom is -0.478 e. The summed E-state index contributed by atoms with van der Waals surface area (Å²) < 4.78 is 46.0. The van der Waals surface area contributed by atoms with Crippen LogP contribution in [0.25, 0.3) is 11.3 Å². The molecule has 0 radical (unpaired) electrons. The van der Waals surface area contributed by atoms with Crippen molar-refractivity contribution in [2.24, 2.45) is 5.92 Å². The summed E-state index contributed by atoms with van der Waals surface area (Å²) in [5, 5.41) is 18.5. The molecule has 1 amide bonds. The number of carbonyl (C=O) groups is 1. The van der Waals surface area contributed by atoms with Gasteiger partial charge in [0.1, 0.15) is 0 Å². The fourth-order valence-corrected chi connectivity index (χ4v) is 7.13. The Morgan fingerprint density at radius 2 is 2.17 bits per heavy atom. The summed E-state index contributed by atoms with van der Waals surface area (Å²) in [6.07, 6.45) is 2.85. The van der Waals surface area contributed by atoms with Crippen molar-refractivity contribution in [1.29, 1.82) is 0 Å². The number of rotatable bonds is 7. The molecule has 11 heteroatoms. The molecule has 0 aromatic carbocycles. The van der Waals surface area contributed by atoms with Crippen molar-refractivity contribution >= 4 is 15.7 Å². The Morgan fingerprint density at radius 1 is 1.44 bits per heavy atom. The second kappa shape index (κ2) is 9.41. The first-order valence-corrected chi connectivity index (χ1v) is 14.2. The summed E-state index contributed by atoms with van der Waals surface area (Å²) in [5.74, 6) is -0.822. The van der Waals surface area contributed by atoms with Gasteiger partial charge < -0.3 is 15.2 Å². The first-order chi connectivity index (χ1) is 16.7. The Labute approximate surface area is 211 Å². The van der Waals surface area contributed by atoms with Crippen LogP contribution in [0.2, 0.25) is 0 Å². The molecule has 1 aliphatic heterocycles. The predicted molar refractivity (Wildman–Crippen MR) is 133 cm³/mol. The van der Waals surface area contributed by atoms with Crippen LogP contribution in [0.5, 0.6) is 5.88 Å². The molecule has 2 aliphatic rings. The number of amides is 1. The van der Waals surface area contributed by atoms with Gasteiger partial charge in [-0.25, -0.2) is 17.8 Å². The molecule has 2 aromatic rings. The molecule has 2 N–H and O–H groups in total. The van der Waals surface area contributed by atoms with Crippen molar-refractivity contribution in [2.45, 2.75) is 77.5 Å². The van der Waals surface area contributed by atoms with Gasteiger partial charge in [0, 0.05) is 35.2 Å². The topological polar surface area (TPSA) is 123 Å². The third kappa shape index (κ3) is 5.27. The number of hydrogen-bond acceptors (Lipinski definition) is 7. The normalized spacial score (nSPS) is 24.2. The standard InChI is InChI=1S/C25H35FN4O5S/c1-6-35-21-12-18(19(26)13-27-21)22-17-8-7-16(11-20(17)30(29-22)15(2)24(3,4)32)23(31)28-25(5)9-10-36(33,34)14-25/h12-13,15-16,32H,6-11,14H2,1-5H3,(H,28,31)/t15-,16-,25+/m1/s1. The highest BCUT2D eigenvalue weighted by Crippen LogP contribution is 2.38. The number of halogens is 1. The summed E-state index contributed by atoms with van der Waals surface area (Å²) in [4.78, 5) is 17.2. The van der Waals surface area contributed by atoms with Gasteiger partial charge in [-0.2, -0.15) is 5.10 Å². The summed E-state index contributed by atoms with van der Waals surface area (Å²) in [6, 6.07) is 1.08. The summed E-state index contributed by atoms with van der Waals surface area (Å²) >= 11 is 0. The van der Waals surface area contributed by atoms with E-state index in [-0.39, 0.29) is 23.0 Å². The molecule has 0 saturated carbocycles. The largest absolute Gasteiger partial charge is 0.478 e. The number of aromatic nitrogens is 3. The number of fused-ring (bicyclic) bond motifs is 1. The molecular weight excluding hydrogens is 487 g/mol. The minimum absolute atomic E-state index is 0.0645. The van der Waals surface area contributed by atoms with Crippen LogP contribution in [0.15, 0.2) is 12.3 Å². The van der Waals surface area contributed by atoms with Gasteiger partial charge in [-0.1, -0.05) is 0 Å². The molecule has 4 rings (SSSR count). The first kappa shape index (κ1) is 26.5. The monoisotopic (exact) mass is 522 g/mol. The van der Waals surface area contributed by atoms with E-state index < -0.39 is 38.8 Å². The first-order valence-electron chi connectivity index (χ1n) is 12.4. The molecule has 0 unspecified atom stereocenters. The van der Waals surface area contributed by atoms with E-state index in [0.29, 0.717) is 43.9 Å². The Kier molecular flexibility index (Phi) is 6.93. The maximum Gasteiger partial charge on any atom is 0.223 e. The summed E-state index contributed by atoms with van der Waals surface area (Å²) in [6.45, 7) is 9.17. The third-order valence-corrected chi connectivity index (χ3v) is 9.27. The number of hydrogen-bond donors (Lipinski definition) is 2. The number of nitrogens with zero attached hydrogens (tertiary/aromatic N) is 3. The fourth-order valence-electron chi connectivity index (χ4n) is 5.03. The van der Waals surface area contributed by atoms with Gasteiger partial charge >= 0.3 is 0 Å². The molecule has 3 heterocycles. The van der Waals surface area contributed by atoms with Crippen molar-refractivity contribution in [3.8, 4) is 17.1 Å². The van der Waals surface area contributed by atoms with E-state index in [1.54, 1.807) is 25.5 Å². The zero-order chi connectivity index (χ0) is 26.5. The highest BCUT2D eigenvalue weighted by molar-refractivity contribution is 7.91. The van der Waals surface area contributed by atoms with Gasteiger partial charge in [0.15, 0.2) is 15.7 Å². The van der Waals surface area contributed by atoms with Crippen LogP contribution in [0.4, 0.5) is 4.39 Å². The SMILES string of the molecule is CCOc1cc(-c2nn([C@H](C)C(C)(C)O)c3c2CC[C@@H](C(=O)N[C@@]2(C)CCS(=O)(=O)C2)C3)c(F)cn1. The lowest BCUT2D eigenvalue weighted by Gasteiger charge is -2.31. The van der Waals surface area contributed by atoms with Crippen LogP contribution < -0.4 is 10.1 Å². The van der Waals surface area contributed by atoms with Crippen LogP contribution in [0.3, 0.4) is 0 Å². The number of pyridine rings is 1. The lowest BCUT2D eigenvalue weighted by molar-refractivity contribution is -0.127. The zero-order valence-corrected chi connectivity index (χ0v) is 22.3. The van der Waals surface area contributed by atoms with Crippen molar-refractivity contribution in [3.63, 3.8) is 0 Å². The molecule has 9 nitrogen and oxygen atoms in total. The molecular formula is C25H35FN4O5S. The van der Waals surface area contributed by atoms with E-state index in [1.165, 1.54) is 6.07 Å². The van der Waals surface area contributed by atoms with E-state index in [9.17, 15) is 22.7 Å². The van der Waals surface area contributed by atoms with E-state index >= 15 is 0 Å². The molecule has 1 aliphatic carbocycles. The van der Waals surface area contributed by atoms with E-state index in [1.807, 2.05) is 13.8 Å². The van der Waals surface area contributed by atoms with Gasteiger partial charge in [0.25, 0.3) is 0 Å². The van der Waals surface area contributed by atoms with Crippen LogP contribution in [0, 0.1) is 11.7 Å². The maximum atomic E-state index is 14.9. The third-order valence-electron chi connectivity index (χ3n) is 7.37. The lowest BCUT2D eigenvalue weighted by atomic mass is 9.84. The average molecular weight is 523 g/mol. The number of carbonyl (C=O) groups excluding carboxylic acids is 1. The number of aliphatic hydroxyl groups is 1. The lowest BCUT2D eigenvalue weighted by Crippen LogP contribution is -2.50. The Morgan fingerprint density at radius 3 is 2.78 bits per heavy atom. The van der Waals surface area contributed by atoms with Crippen LogP contribution in [-0.2, 0) is 27.5 Å². The molecule has 0 spiro atoms. The second-order valence-corrected chi connectivity index (χ2v) is 13.0. The highest BCUT2D eigenvalue weighted by Gasteiger charge is 2.42. The van der Waals surface area contributed by atoms with Gasteiger partial charge in [-0.3, -0.25) is 9.48 Å². The highest BCUT2D eigenvalue weighted by atomic mass is 32.2. The Bertz CT molecular complexity index is 1270. The molecule has 1 saturated heterocycles. The summed E-state index contributed by atoms with van der Waals surface area (Å²) in [5.41, 5.74) is 0.414. The van der Waals surface area contributed by atoms with Gasteiger partial charge in [0.05, 0.1) is 47.2 Å². The number of ether oxygens (including phenoxy) is 1. The average Bonchev–Trinajstić information content (AvgIpc) is 3.29. The minimum atomic E-state index is -3.16. The molecule has 0 bridgehead atoms. The number of nitrogens with one attached hydrogen (secondary N) is 1. The van der Waals surface area contributed by atoms with Crippen LogP contribution in [0.1, 0.15) is 64.8 Å². The molecule has 198 valence electrons. The second-order valence-electron chi connectivity index (χ2n) is 10.8. The van der Waals surface area contributed by atoms with Crippen LogP contribution >= 0.6 is 0 Å². The smallest absolute Gasteiger partial charge is 0.223 e. The molecule has 36 heavy (non-hydrogen) atoms. The number of sulfone groups is 1. The Hall–Kier alpha value is -2.53. The molecule has 1 fully saturated rings. The fraction of sp³-hybridized carbons (Fsp3) is 0.640. The van der Waals surface area contributed by atoms with Gasteiger partial charge in [-0.15, -0.1) is 0 Å². The molecule has 3 atom stereocenters. The van der Waals surface area contributed by atoms with E-state index in [2.05, 4.69) is 10.3 Å². The van der Waals surface area contributed by atoms with Gasteiger partial charge in [-0.05, 0) is 53.9 Å². The predicted octanol–water partition coefficient (Wildman–Crippen LogP) is 2.61. The van der Waals surface area contributed by atoms with Gasteiger partial charge in [0.2, 0.25) is 11.8 Å². The van der Waals surface area contributed by atoms with E-state index in [4.69, 9.17) is 9.84 Å². The summed E-state index contributed by atoms with van der Waals surface area (Å²) in [7, 11) is -3.16. The van der Waals surface area contributed by atoms with Crippen molar-refractivity contribution in [3.05, 3.63) is 29.3 Å².